The molecule has 1 atom stereocenters. The second-order valence-electron chi connectivity index (χ2n) is 6.56. The number of nitrogens with zero attached hydrogens (tertiary/aromatic N) is 2. The molecule has 0 fully saturated rings. The van der Waals surface area contributed by atoms with Crippen LogP contribution < -0.4 is 4.80 Å². The summed E-state index contributed by atoms with van der Waals surface area (Å²) in [7, 11) is 0. The first-order valence-electron chi connectivity index (χ1n) is 8.83. The molecule has 0 bridgehead atoms. The van der Waals surface area contributed by atoms with Crippen LogP contribution in [0.15, 0.2) is 41.4 Å². The van der Waals surface area contributed by atoms with Crippen molar-refractivity contribution >= 4 is 33.4 Å². The second-order valence-corrected chi connectivity index (χ2v) is 7.53. The van der Waals surface area contributed by atoms with Crippen molar-refractivity contribution < 1.29 is 32.3 Å². The average Bonchev–Trinajstić information content (AvgIpc) is 3.03. The molecule has 10 heteroatoms. The number of benzene rings is 2. The third-order valence-electron chi connectivity index (χ3n) is 4.55. The quantitative estimate of drug-likeness (QED) is 0.584. The van der Waals surface area contributed by atoms with Crippen LogP contribution in [0.5, 0.6) is 0 Å². The molecule has 158 valence electrons. The monoisotopic (exact) mass is 440 g/mol. The number of alkyl halides is 3. The lowest BCUT2D eigenvalue weighted by Crippen LogP contribution is -2.27. The van der Waals surface area contributed by atoms with Crippen molar-refractivity contribution in [2.24, 2.45) is 4.99 Å². The minimum Gasteiger partial charge on any atom is -0.480 e. The Kier molecular flexibility index (Phi) is 5.80. The predicted molar refractivity (Wildman–Crippen MR) is 103 cm³/mol. The Hall–Kier alpha value is -3.01. The van der Waals surface area contributed by atoms with Crippen LogP contribution in [0.25, 0.3) is 10.2 Å². The Morgan fingerprint density at radius 2 is 1.93 bits per heavy atom. The molecule has 1 aromatic heterocycles. The van der Waals surface area contributed by atoms with E-state index in [1.807, 2.05) is 0 Å². The van der Waals surface area contributed by atoms with Gasteiger partial charge in [-0.25, -0.2) is 9.18 Å². The zero-order valence-corrected chi connectivity index (χ0v) is 16.6. The first-order chi connectivity index (χ1) is 14.0. The van der Waals surface area contributed by atoms with E-state index >= 15 is 0 Å². The lowest BCUT2D eigenvalue weighted by Gasteiger charge is -2.13. The SMILES string of the molecule is CCC(C(=O)O)n1c(=NC(=O)c2cccc(C(F)(F)F)c2)sc2c(F)c(C)ccc21. The minimum absolute atomic E-state index is 0.105. The number of carbonyl (C=O) groups is 2. The molecule has 5 nitrogen and oxygen atoms in total. The van der Waals surface area contributed by atoms with Crippen molar-refractivity contribution in [1.29, 1.82) is 0 Å². The van der Waals surface area contributed by atoms with Crippen molar-refractivity contribution in [2.75, 3.05) is 0 Å². The summed E-state index contributed by atoms with van der Waals surface area (Å²) in [5.41, 5.74) is -0.747. The van der Waals surface area contributed by atoms with E-state index in [1.54, 1.807) is 6.92 Å². The molecule has 1 heterocycles. The van der Waals surface area contributed by atoms with E-state index in [4.69, 9.17) is 0 Å². The smallest absolute Gasteiger partial charge is 0.416 e. The van der Waals surface area contributed by atoms with E-state index in [0.717, 1.165) is 23.5 Å². The van der Waals surface area contributed by atoms with E-state index in [2.05, 4.69) is 4.99 Å². The highest BCUT2D eigenvalue weighted by Crippen LogP contribution is 2.30. The van der Waals surface area contributed by atoms with Crippen LogP contribution >= 0.6 is 11.3 Å². The van der Waals surface area contributed by atoms with Crippen LogP contribution in [0, 0.1) is 12.7 Å². The van der Waals surface area contributed by atoms with Crippen molar-refractivity contribution in [2.45, 2.75) is 32.5 Å². The number of hydrogen-bond donors (Lipinski definition) is 1. The summed E-state index contributed by atoms with van der Waals surface area (Å²) in [6, 6.07) is 5.64. The molecule has 3 rings (SSSR count). The van der Waals surface area contributed by atoms with Gasteiger partial charge in [0.05, 0.1) is 15.8 Å². The van der Waals surface area contributed by atoms with Gasteiger partial charge in [-0.15, -0.1) is 0 Å². The maximum absolute atomic E-state index is 14.6. The topological polar surface area (TPSA) is 71.7 Å². The summed E-state index contributed by atoms with van der Waals surface area (Å²) in [4.78, 5) is 28.1. The number of aromatic nitrogens is 1. The number of carbonyl (C=O) groups excluding carboxylic acids is 1. The lowest BCUT2D eigenvalue weighted by atomic mass is 10.1. The van der Waals surface area contributed by atoms with Gasteiger partial charge in [0.15, 0.2) is 4.80 Å². The van der Waals surface area contributed by atoms with Crippen molar-refractivity contribution in [3.8, 4) is 0 Å². The zero-order valence-electron chi connectivity index (χ0n) is 15.8. The number of rotatable bonds is 4. The van der Waals surface area contributed by atoms with E-state index in [9.17, 15) is 32.3 Å². The predicted octanol–water partition coefficient (Wildman–Crippen LogP) is 4.95. The zero-order chi connectivity index (χ0) is 22.2. The van der Waals surface area contributed by atoms with Crippen molar-refractivity contribution in [3.63, 3.8) is 0 Å². The minimum atomic E-state index is -4.63. The van der Waals surface area contributed by atoms with E-state index in [1.165, 1.54) is 29.7 Å². The molecule has 0 radical (unpaired) electrons. The fourth-order valence-corrected chi connectivity index (χ4v) is 4.16. The Labute approximate surface area is 171 Å². The summed E-state index contributed by atoms with van der Waals surface area (Å²) in [5.74, 6) is -2.76. The fourth-order valence-electron chi connectivity index (χ4n) is 3.00. The number of halogens is 4. The Bertz CT molecular complexity index is 1210. The summed E-state index contributed by atoms with van der Waals surface area (Å²) in [5, 5.41) is 9.57. The van der Waals surface area contributed by atoms with Gasteiger partial charge in [-0.2, -0.15) is 18.2 Å². The molecule has 1 N–H and O–H groups in total. The molecule has 1 amide bonds. The summed E-state index contributed by atoms with van der Waals surface area (Å²) >= 11 is 0.773. The van der Waals surface area contributed by atoms with Crippen LogP contribution in [0.1, 0.15) is 40.9 Å². The van der Waals surface area contributed by atoms with Gasteiger partial charge in [-0.05, 0) is 43.2 Å². The first kappa shape index (κ1) is 21.7. The van der Waals surface area contributed by atoms with Crippen LogP contribution in [-0.4, -0.2) is 21.6 Å². The fraction of sp³-hybridized carbons (Fsp3) is 0.250. The van der Waals surface area contributed by atoms with Crippen LogP contribution in [0.3, 0.4) is 0 Å². The molecule has 0 aliphatic carbocycles. The molecule has 0 saturated heterocycles. The van der Waals surface area contributed by atoms with E-state index in [-0.39, 0.29) is 27.0 Å². The van der Waals surface area contributed by atoms with Crippen molar-refractivity contribution in [3.05, 3.63) is 63.7 Å². The number of carboxylic acid groups (broad SMARTS) is 1. The van der Waals surface area contributed by atoms with Gasteiger partial charge in [0, 0.05) is 5.56 Å². The van der Waals surface area contributed by atoms with E-state index < -0.39 is 35.5 Å². The lowest BCUT2D eigenvalue weighted by molar-refractivity contribution is -0.141. The number of carboxylic acids is 1. The Balaban J connectivity index is 2.24. The molecule has 0 aliphatic heterocycles. The molecule has 2 aromatic carbocycles. The van der Waals surface area contributed by atoms with E-state index in [0.29, 0.717) is 11.6 Å². The third kappa shape index (κ3) is 4.00. The average molecular weight is 440 g/mol. The molecular formula is C20H16F4N2O3S. The highest BCUT2D eigenvalue weighted by atomic mass is 32.1. The second kappa shape index (κ2) is 8.02. The highest BCUT2D eigenvalue weighted by molar-refractivity contribution is 7.16. The maximum Gasteiger partial charge on any atom is 0.416 e. The summed E-state index contributed by atoms with van der Waals surface area (Å²) in [6.45, 7) is 3.15. The number of thiazole rings is 1. The third-order valence-corrected chi connectivity index (χ3v) is 5.61. The largest absolute Gasteiger partial charge is 0.480 e. The van der Waals surface area contributed by atoms with Crippen LogP contribution in [0.2, 0.25) is 0 Å². The molecule has 1 unspecified atom stereocenters. The van der Waals surface area contributed by atoms with Gasteiger partial charge in [0.25, 0.3) is 5.91 Å². The summed E-state index contributed by atoms with van der Waals surface area (Å²) < 4.78 is 54.8. The van der Waals surface area contributed by atoms with Gasteiger partial charge < -0.3 is 9.67 Å². The number of aliphatic carboxylic acids is 1. The highest BCUT2D eigenvalue weighted by Gasteiger charge is 2.31. The normalized spacial score (nSPS) is 13.6. The van der Waals surface area contributed by atoms with Crippen LogP contribution in [-0.2, 0) is 11.0 Å². The molecular weight excluding hydrogens is 424 g/mol. The molecule has 30 heavy (non-hydrogen) atoms. The molecule has 3 aromatic rings. The van der Waals surface area contributed by atoms with Gasteiger partial charge >= 0.3 is 12.1 Å². The van der Waals surface area contributed by atoms with Gasteiger partial charge in [0.2, 0.25) is 0 Å². The molecule has 0 aliphatic rings. The number of hydrogen-bond acceptors (Lipinski definition) is 3. The molecule has 0 spiro atoms. The maximum atomic E-state index is 14.6. The van der Waals surface area contributed by atoms with Gasteiger partial charge in [-0.3, -0.25) is 4.79 Å². The first-order valence-corrected chi connectivity index (χ1v) is 9.65. The number of fused-ring (bicyclic) bond motifs is 1. The molecule has 0 saturated carbocycles. The van der Waals surface area contributed by atoms with Gasteiger partial charge in [0.1, 0.15) is 11.9 Å². The Morgan fingerprint density at radius 1 is 1.23 bits per heavy atom. The van der Waals surface area contributed by atoms with Crippen molar-refractivity contribution in [1.82, 2.24) is 4.57 Å². The summed E-state index contributed by atoms with van der Waals surface area (Å²) in [6.07, 6.45) is -4.51. The Morgan fingerprint density at radius 3 is 2.53 bits per heavy atom. The standard InChI is InChI=1S/C20H16F4N2O3S/c1-3-13(18(28)29)26-14-8-7-10(2)15(21)16(14)30-19(26)25-17(27)11-5-4-6-12(9-11)20(22,23)24/h4-9,13H,3H2,1-2H3,(H,28,29). The number of amides is 1. The number of aryl methyl sites for hydroxylation is 1. The van der Waals surface area contributed by atoms with Gasteiger partial charge in [-0.1, -0.05) is 30.4 Å². The van der Waals surface area contributed by atoms with Crippen LogP contribution in [0.4, 0.5) is 17.6 Å².